The van der Waals surface area contributed by atoms with Gasteiger partial charge >= 0.3 is 6.18 Å². The molecule has 3 heterocycles. The topological polar surface area (TPSA) is 81.6 Å². The second kappa shape index (κ2) is 14.8. The van der Waals surface area contributed by atoms with Crippen molar-refractivity contribution in [3.8, 4) is 11.8 Å². The van der Waals surface area contributed by atoms with Crippen LogP contribution >= 0.6 is 7.92 Å². The van der Waals surface area contributed by atoms with Crippen molar-refractivity contribution in [2.45, 2.75) is 51.0 Å². The van der Waals surface area contributed by atoms with Crippen molar-refractivity contribution in [1.82, 2.24) is 19.7 Å². The van der Waals surface area contributed by atoms with E-state index < -0.39 is 12.7 Å². The molecule has 2 amide bonds. The number of carbonyl (C=O) groups is 2. The summed E-state index contributed by atoms with van der Waals surface area (Å²) in [4.78, 5) is 28.2. The SMILES string of the molecule is CC(=O)NC1CCN(C(=O)CN2CCC(Nc3cccc4c3cc(C#CCNc3ccc(P(C)C)cc3)n4CC(F)(F)F)CC2)C1. The third-order valence-corrected chi connectivity index (χ3v) is 9.85. The van der Waals surface area contributed by atoms with Crippen molar-refractivity contribution in [2.75, 3.05) is 63.2 Å². The van der Waals surface area contributed by atoms with Gasteiger partial charge in [-0.15, -0.1) is 0 Å². The number of amides is 2. The fraction of sp³-hybridized carbons (Fsp3) is 0.471. The molecule has 2 fully saturated rings. The van der Waals surface area contributed by atoms with Gasteiger partial charge < -0.3 is 25.4 Å². The summed E-state index contributed by atoms with van der Waals surface area (Å²) >= 11 is 0. The second-order valence-electron chi connectivity index (χ2n) is 12.3. The first-order valence-corrected chi connectivity index (χ1v) is 17.9. The van der Waals surface area contributed by atoms with Crippen LogP contribution in [-0.2, 0) is 16.1 Å². The highest BCUT2D eigenvalue weighted by Gasteiger charge is 2.31. The van der Waals surface area contributed by atoms with Gasteiger partial charge in [-0.3, -0.25) is 14.5 Å². The molecule has 0 radical (unpaired) electrons. The molecule has 46 heavy (non-hydrogen) atoms. The monoisotopic (exact) mass is 654 g/mol. The zero-order valence-corrected chi connectivity index (χ0v) is 27.5. The minimum absolute atomic E-state index is 0.0151. The zero-order chi connectivity index (χ0) is 32.8. The lowest BCUT2D eigenvalue weighted by Gasteiger charge is -2.33. The minimum atomic E-state index is -4.39. The van der Waals surface area contributed by atoms with Crippen LogP contribution in [0.1, 0.15) is 31.9 Å². The molecular formula is C34H42F3N6O2P. The van der Waals surface area contributed by atoms with Crippen LogP contribution in [0.4, 0.5) is 24.5 Å². The third kappa shape index (κ3) is 8.95. The molecule has 1 aromatic heterocycles. The Morgan fingerprint density at radius 1 is 1.00 bits per heavy atom. The quantitative estimate of drug-likeness (QED) is 0.232. The van der Waals surface area contributed by atoms with E-state index in [2.05, 4.69) is 58.2 Å². The number of anilines is 2. The summed E-state index contributed by atoms with van der Waals surface area (Å²) in [6.45, 7) is 8.08. The highest BCUT2D eigenvalue weighted by molar-refractivity contribution is 7.64. The first kappa shape index (κ1) is 33.6. The smallest absolute Gasteiger partial charge is 0.382 e. The Labute approximate surface area is 269 Å². The van der Waals surface area contributed by atoms with Crippen LogP contribution in [0.3, 0.4) is 0 Å². The van der Waals surface area contributed by atoms with Crippen LogP contribution in [0.5, 0.6) is 0 Å². The lowest BCUT2D eigenvalue weighted by molar-refractivity contribution is -0.140. The standard InChI is InChI=1S/C34H42F3N6O2P/c1-24(44)39-27-15-19-42(21-27)33(45)22-41-17-13-26(14-18-41)40-31-7-4-8-32-30(31)20-28(43(32)23-34(35,36)37)6-5-16-38-25-9-11-29(12-10-25)46(2)3/h4,7-12,20,26-27,38,40H,13-19,21-23H2,1-3H3,(H,39,44). The van der Waals surface area contributed by atoms with Gasteiger partial charge in [-0.05, 0) is 74.1 Å². The molecule has 2 saturated heterocycles. The summed E-state index contributed by atoms with van der Waals surface area (Å²) in [5.74, 6) is 5.98. The van der Waals surface area contributed by atoms with Crippen molar-refractivity contribution < 1.29 is 22.8 Å². The highest BCUT2D eigenvalue weighted by Crippen LogP contribution is 2.31. The van der Waals surface area contributed by atoms with Crippen LogP contribution in [0.2, 0.25) is 0 Å². The van der Waals surface area contributed by atoms with E-state index in [1.165, 1.54) is 16.8 Å². The van der Waals surface area contributed by atoms with Gasteiger partial charge in [0, 0.05) is 61.9 Å². The van der Waals surface area contributed by atoms with Crippen molar-refractivity contribution >= 4 is 47.3 Å². The van der Waals surface area contributed by atoms with E-state index in [-0.39, 0.29) is 31.8 Å². The number of aromatic nitrogens is 1. The molecule has 2 aliphatic heterocycles. The molecule has 246 valence electrons. The molecule has 1 atom stereocenters. The molecule has 1 unspecified atom stereocenters. The largest absolute Gasteiger partial charge is 0.406 e. The molecule has 0 aliphatic carbocycles. The van der Waals surface area contributed by atoms with Gasteiger partial charge in [-0.25, -0.2) is 0 Å². The summed E-state index contributed by atoms with van der Waals surface area (Å²) in [6.07, 6.45) is -2.02. The lowest BCUT2D eigenvalue weighted by atomic mass is 10.0. The van der Waals surface area contributed by atoms with Crippen molar-refractivity contribution in [2.24, 2.45) is 0 Å². The number of likely N-dealkylation sites (tertiary alicyclic amines) is 2. The number of benzene rings is 2. The van der Waals surface area contributed by atoms with Gasteiger partial charge in [-0.1, -0.05) is 32.0 Å². The van der Waals surface area contributed by atoms with Crippen molar-refractivity contribution in [1.29, 1.82) is 0 Å². The van der Waals surface area contributed by atoms with E-state index in [4.69, 9.17) is 0 Å². The molecule has 3 N–H and O–H groups in total. The second-order valence-corrected chi connectivity index (χ2v) is 14.6. The van der Waals surface area contributed by atoms with E-state index in [1.54, 1.807) is 18.2 Å². The molecule has 12 heteroatoms. The number of hydrogen-bond donors (Lipinski definition) is 3. The molecule has 0 bridgehead atoms. The van der Waals surface area contributed by atoms with Gasteiger partial charge in [0.15, 0.2) is 0 Å². The summed E-state index contributed by atoms with van der Waals surface area (Å²) in [5.41, 5.74) is 2.50. The Balaban J connectivity index is 1.21. The van der Waals surface area contributed by atoms with E-state index in [9.17, 15) is 22.8 Å². The molecule has 0 spiro atoms. The average Bonchev–Trinajstić information content (AvgIpc) is 3.60. The molecule has 2 aromatic carbocycles. The predicted octanol–water partition coefficient (Wildman–Crippen LogP) is 4.65. The Kier molecular flexibility index (Phi) is 10.8. The van der Waals surface area contributed by atoms with Gasteiger partial charge in [0.1, 0.15) is 6.54 Å². The molecule has 0 saturated carbocycles. The number of alkyl halides is 3. The summed E-state index contributed by atoms with van der Waals surface area (Å²) in [5, 5.41) is 11.7. The summed E-state index contributed by atoms with van der Waals surface area (Å²) in [7, 11) is -0.181. The number of halogens is 3. The fourth-order valence-corrected chi connectivity index (χ4v) is 6.91. The lowest BCUT2D eigenvalue weighted by Crippen LogP contribution is -2.45. The van der Waals surface area contributed by atoms with Crippen molar-refractivity contribution in [3.63, 3.8) is 0 Å². The highest BCUT2D eigenvalue weighted by atomic mass is 31.1. The maximum Gasteiger partial charge on any atom is 0.406 e. The molecular weight excluding hydrogens is 612 g/mol. The van der Waals surface area contributed by atoms with Gasteiger partial charge in [0.2, 0.25) is 11.8 Å². The number of hydrogen-bond acceptors (Lipinski definition) is 5. The van der Waals surface area contributed by atoms with E-state index >= 15 is 0 Å². The number of fused-ring (bicyclic) bond motifs is 1. The Morgan fingerprint density at radius 3 is 2.39 bits per heavy atom. The van der Waals surface area contributed by atoms with Crippen LogP contribution in [0, 0.1) is 11.8 Å². The number of carbonyl (C=O) groups excluding carboxylic acids is 2. The van der Waals surface area contributed by atoms with Crippen molar-refractivity contribution in [3.05, 3.63) is 54.2 Å². The van der Waals surface area contributed by atoms with Crippen LogP contribution in [0.25, 0.3) is 10.9 Å². The van der Waals surface area contributed by atoms with E-state index in [0.717, 1.165) is 43.7 Å². The average molecular weight is 655 g/mol. The first-order chi connectivity index (χ1) is 21.9. The Morgan fingerprint density at radius 2 is 1.72 bits per heavy atom. The normalized spacial score (nSPS) is 17.6. The number of piperidine rings is 1. The fourth-order valence-electron chi connectivity index (χ4n) is 6.16. The number of nitrogens with one attached hydrogen (secondary N) is 3. The number of rotatable bonds is 9. The molecule has 3 aromatic rings. The van der Waals surface area contributed by atoms with Crippen LogP contribution in [-0.4, -0.2) is 97.0 Å². The molecule has 5 rings (SSSR count). The van der Waals surface area contributed by atoms with Crippen LogP contribution < -0.4 is 21.3 Å². The van der Waals surface area contributed by atoms with Gasteiger partial charge in [0.05, 0.1) is 24.3 Å². The maximum absolute atomic E-state index is 13.7. The van der Waals surface area contributed by atoms with Gasteiger partial charge in [-0.2, -0.15) is 13.2 Å². The van der Waals surface area contributed by atoms with E-state index in [1.807, 2.05) is 23.1 Å². The first-order valence-electron chi connectivity index (χ1n) is 15.7. The number of nitrogens with zero attached hydrogens (tertiary/aromatic N) is 3. The predicted molar refractivity (Wildman–Crippen MR) is 180 cm³/mol. The summed E-state index contributed by atoms with van der Waals surface area (Å²) in [6, 6.07) is 15.4. The zero-order valence-electron chi connectivity index (χ0n) is 26.6. The minimum Gasteiger partial charge on any atom is -0.382 e. The Hall–Kier alpha value is -3.74. The van der Waals surface area contributed by atoms with Crippen LogP contribution in [0.15, 0.2) is 48.5 Å². The van der Waals surface area contributed by atoms with E-state index in [0.29, 0.717) is 42.8 Å². The maximum atomic E-state index is 13.7. The third-order valence-electron chi connectivity index (χ3n) is 8.52. The van der Waals surface area contributed by atoms with Gasteiger partial charge in [0.25, 0.3) is 0 Å². The molecule has 8 nitrogen and oxygen atoms in total. The Bertz CT molecular complexity index is 1590. The summed E-state index contributed by atoms with van der Waals surface area (Å²) < 4.78 is 42.2. The molecule has 2 aliphatic rings.